The van der Waals surface area contributed by atoms with Crippen LogP contribution < -0.4 is 0 Å². The summed E-state index contributed by atoms with van der Waals surface area (Å²) in [6, 6.07) is 4.67. The molecule has 0 saturated carbocycles. The predicted molar refractivity (Wildman–Crippen MR) is 64.3 cm³/mol. The lowest BCUT2D eigenvalue weighted by Crippen LogP contribution is -1.99. The molecule has 0 fully saturated rings. The highest BCUT2D eigenvalue weighted by molar-refractivity contribution is 6.30. The fourth-order valence-electron chi connectivity index (χ4n) is 1.60. The molecule has 16 heavy (non-hydrogen) atoms. The Morgan fingerprint density at radius 2 is 2.12 bits per heavy atom. The van der Waals surface area contributed by atoms with Crippen molar-refractivity contribution in [3.8, 4) is 0 Å². The Morgan fingerprint density at radius 1 is 1.38 bits per heavy atom. The first-order chi connectivity index (χ1) is 7.63. The maximum atomic E-state index is 13.4. The minimum atomic E-state index is -0.282. The molecule has 88 valence electrons. The van der Waals surface area contributed by atoms with Gasteiger partial charge in [-0.1, -0.05) is 24.6 Å². The van der Waals surface area contributed by atoms with Crippen molar-refractivity contribution in [1.82, 2.24) is 0 Å². The molecule has 3 heteroatoms. The van der Waals surface area contributed by atoms with Gasteiger partial charge in [0.25, 0.3) is 0 Å². The summed E-state index contributed by atoms with van der Waals surface area (Å²) in [5.74, 6) is -0.0210. The van der Waals surface area contributed by atoms with Gasteiger partial charge in [-0.3, -0.25) is 4.79 Å². The van der Waals surface area contributed by atoms with Gasteiger partial charge in [0.1, 0.15) is 11.6 Å². The Kier molecular flexibility index (Phi) is 5.47. The quantitative estimate of drug-likeness (QED) is 0.732. The summed E-state index contributed by atoms with van der Waals surface area (Å²) in [7, 11) is 0. The third-order valence-electron chi connectivity index (χ3n) is 2.45. The van der Waals surface area contributed by atoms with E-state index < -0.39 is 0 Å². The van der Waals surface area contributed by atoms with E-state index in [-0.39, 0.29) is 11.6 Å². The summed E-state index contributed by atoms with van der Waals surface area (Å²) in [6.07, 6.45) is 3.35. The van der Waals surface area contributed by atoms with Gasteiger partial charge in [-0.25, -0.2) is 4.39 Å². The fraction of sp³-hybridized carbons (Fsp3) is 0.462. The number of rotatable bonds is 6. The summed E-state index contributed by atoms with van der Waals surface area (Å²) in [5.41, 5.74) is 0.633. The van der Waals surface area contributed by atoms with Gasteiger partial charge in [-0.2, -0.15) is 0 Å². The van der Waals surface area contributed by atoms with Crippen LogP contribution in [0.4, 0.5) is 4.39 Å². The number of carbonyl (C=O) groups excluding carboxylic acids is 1. The molecule has 0 aromatic heterocycles. The van der Waals surface area contributed by atoms with Gasteiger partial charge in [0.15, 0.2) is 0 Å². The molecule has 0 amide bonds. The first-order valence-electron chi connectivity index (χ1n) is 5.59. The zero-order valence-electron chi connectivity index (χ0n) is 9.43. The van der Waals surface area contributed by atoms with E-state index in [4.69, 9.17) is 11.6 Å². The molecule has 0 N–H and O–H groups in total. The van der Waals surface area contributed by atoms with Gasteiger partial charge in [-0.05, 0) is 37.0 Å². The second-order valence-corrected chi connectivity index (χ2v) is 4.31. The molecule has 0 bridgehead atoms. The van der Waals surface area contributed by atoms with Gasteiger partial charge in [0.2, 0.25) is 0 Å². The molecule has 0 aliphatic heterocycles. The minimum Gasteiger partial charge on any atom is -0.300 e. The van der Waals surface area contributed by atoms with Crippen LogP contribution in [0.25, 0.3) is 0 Å². The summed E-state index contributed by atoms with van der Waals surface area (Å²) in [6.45, 7) is 1.98. The number of hydrogen-bond acceptors (Lipinski definition) is 1. The molecule has 1 rings (SSSR count). The van der Waals surface area contributed by atoms with Crippen molar-refractivity contribution < 1.29 is 9.18 Å². The number of hydrogen-bond donors (Lipinski definition) is 0. The van der Waals surface area contributed by atoms with E-state index >= 15 is 0 Å². The summed E-state index contributed by atoms with van der Waals surface area (Å²) in [4.78, 5) is 11.3. The van der Waals surface area contributed by atoms with Gasteiger partial charge >= 0.3 is 0 Å². The van der Waals surface area contributed by atoms with E-state index in [1.54, 1.807) is 12.1 Å². The lowest BCUT2D eigenvalue weighted by atomic mass is 10.0. The Bertz CT molecular complexity index is 363. The third-order valence-corrected chi connectivity index (χ3v) is 2.68. The van der Waals surface area contributed by atoms with Crippen LogP contribution in [0.5, 0.6) is 0 Å². The number of Topliss-reactive ketones (excluding diaryl/α,β-unsaturated/α-hetero) is 1. The number of halogens is 2. The van der Waals surface area contributed by atoms with E-state index in [0.29, 0.717) is 36.3 Å². The highest BCUT2D eigenvalue weighted by Gasteiger charge is 2.05. The maximum absolute atomic E-state index is 13.4. The van der Waals surface area contributed by atoms with Crippen molar-refractivity contribution in [3.63, 3.8) is 0 Å². The van der Waals surface area contributed by atoms with E-state index in [1.165, 1.54) is 6.07 Å². The molecule has 0 saturated heterocycles. The van der Waals surface area contributed by atoms with E-state index in [1.807, 2.05) is 6.92 Å². The van der Waals surface area contributed by atoms with Crippen molar-refractivity contribution >= 4 is 17.4 Å². The van der Waals surface area contributed by atoms with Crippen molar-refractivity contribution in [2.24, 2.45) is 0 Å². The van der Waals surface area contributed by atoms with Crippen LogP contribution in [0, 0.1) is 5.82 Å². The number of aryl methyl sites for hydroxylation is 1. The molecular formula is C13H16ClFO. The monoisotopic (exact) mass is 242 g/mol. The van der Waals surface area contributed by atoms with Crippen molar-refractivity contribution in [2.45, 2.75) is 39.0 Å². The molecule has 1 aromatic carbocycles. The topological polar surface area (TPSA) is 17.1 Å². The van der Waals surface area contributed by atoms with Gasteiger partial charge in [-0.15, -0.1) is 0 Å². The lowest BCUT2D eigenvalue weighted by molar-refractivity contribution is -0.119. The van der Waals surface area contributed by atoms with Crippen molar-refractivity contribution in [1.29, 1.82) is 0 Å². The zero-order valence-corrected chi connectivity index (χ0v) is 10.2. The first kappa shape index (κ1) is 13.2. The second kappa shape index (κ2) is 6.64. The second-order valence-electron chi connectivity index (χ2n) is 3.88. The van der Waals surface area contributed by atoms with Crippen molar-refractivity contribution in [2.75, 3.05) is 0 Å². The van der Waals surface area contributed by atoms with Crippen LogP contribution >= 0.6 is 11.6 Å². The maximum Gasteiger partial charge on any atom is 0.132 e. The molecule has 0 atom stereocenters. The molecule has 0 aliphatic rings. The Hall–Kier alpha value is -0.890. The average Bonchev–Trinajstić information content (AvgIpc) is 2.22. The van der Waals surface area contributed by atoms with Crippen LogP contribution in [-0.4, -0.2) is 5.78 Å². The first-order valence-corrected chi connectivity index (χ1v) is 5.97. The lowest BCUT2D eigenvalue weighted by Gasteiger charge is -2.03. The van der Waals surface area contributed by atoms with E-state index in [0.717, 1.165) is 6.42 Å². The highest BCUT2D eigenvalue weighted by Crippen LogP contribution is 2.16. The smallest absolute Gasteiger partial charge is 0.132 e. The Labute approximate surface area is 101 Å². The van der Waals surface area contributed by atoms with Gasteiger partial charge in [0, 0.05) is 17.9 Å². The number of benzene rings is 1. The summed E-state index contributed by atoms with van der Waals surface area (Å²) >= 11 is 5.65. The molecule has 0 heterocycles. The predicted octanol–water partition coefficient (Wildman–Crippen LogP) is 4.17. The largest absolute Gasteiger partial charge is 0.300 e. The Balaban J connectivity index is 2.40. The zero-order chi connectivity index (χ0) is 12.0. The third kappa shape index (κ3) is 4.31. The highest BCUT2D eigenvalue weighted by atomic mass is 35.5. The Morgan fingerprint density at radius 3 is 2.75 bits per heavy atom. The molecule has 0 unspecified atom stereocenters. The standard InChI is InChI=1S/C13H16ClFO/c1-2-4-12(16)6-3-5-10-7-8-11(14)9-13(10)15/h7-9H,2-6H2,1H3. The van der Waals surface area contributed by atoms with Crippen LogP contribution in [0.3, 0.4) is 0 Å². The normalized spacial score (nSPS) is 10.4. The van der Waals surface area contributed by atoms with Gasteiger partial charge in [0.05, 0.1) is 0 Å². The minimum absolute atomic E-state index is 0.261. The molecule has 0 spiro atoms. The summed E-state index contributed by atoms with van der Waals surface area (Å²) < 4.78 is 13.4. The SMILES string of the molecule is CCCC(=O)CCCc1ccc(Cl)cc1F. The van der Waals surface area contributed by atoms with Crippen LogP contribution in [-0.2, 0) is 11.2 Å². The summed E-state index contributed by atoms with van der Waals surface area (Å²) in [5, 5.41) is 0.406. The van der Waals surface area contributed by atoms with Crippen LogP contribution in [0.1, 0.15) is 38.2 Å². The molecule has 0 radical (unpaired) electrons. The van der Waals surface area contributed by atoms with Crippen LogP contribution in [0.2, 0.25) is 5.02 Å². The van der Waals surface area contributed by atoms with Crippen LogP contribution in [0.15, 0.2) is 18.2 Å². The number of ketones is 1. The molecule has 1 aromatic rings. The average molecular weight is 243 g/mol. The molecular weight excluding hydrogens is 227 g/mol. The fourth-order valence-corrected chi connectivity index (χ4v) is 1.76. The van der Waals surface area contributed by atoms with Crippen molar-refractivity contribution in [3.05, 3.63) is 34.6 Å². The van der Waals surface area contributed by atoms with E-state index in [9.17, 15) is 9.18 Å². The van der Waals surface area contributed by atoms with E-state index in [2.05, 4.69) is 0 Å². The van der Waals surface area contributed by atoms with Gasteiger partial charge < -0.3 is 0 Å². The molecule has 0 aliphatic carbocycles. The molecule has 1 nitrogen and oxygen atoms in total. The number of carbonyl (C=O) groups is 1.